The van der Waals surface area contributed by atoms with Gasteiger partial charge in [0.15, 0.2) is 11.6 Å². The molecule has 0 radical (unpaired) electrons. The van der Waals surface area contributed by atoms with Gasteiger partial charge in [-0.3, -0.25) is 9.59 Å². The van der Waals surface area contributed by atoms with Crippen LogP contribution in [0.4, 0.5) is 11.4 Å². The lowest BCUT2D eigenvalue weighted by Crippen LogP contribution is -2.02. The van der Waals surface area contributed by atoms with Gasteiger partial charge in [-0.05, 0) is 110 Å². The molecule has 0 bridgehead atoms. The fourth-order valence-electron chi connectivity index (χ4n) is 5.36. The first-order valence-electron chi connectivity index (χ1n) is 17.7. The van der Waals surface area contributed by atoms with Gasteiger partial charge >= 0.3 is 0 Å². The van der Waals surface area contributed by atoms with E-state index >= 15 is 0 Å². The molecule has 4 aromatic rings. The Bertz CT molecular complexity index is 1420. The van der Waals surface area contributed by atoms with Crippen molar-refractivity contribution in [3.05, 3.63) is 119 Å². The average molecular weight is 647 g/mol. The Hall–Kier alpha value is -4.58. The average Bonchev–Trinajstić information content (AvgIpc) is 3.13. The van der Waals surface area contributed by atoms with Crippen LogP contribution in [0.25, 0.3) is 0 Å². The molecule has 6 heteroatoms. The maximum Gasteiger partial charge on any atom is 0.193 e. The van der Waals surface area contributed by atoms with Gasteiger partial charge in [-0.1, -0.05) is 78.1 Å². The molecule has 0 amide bonds. The Morgan fingerprint density at radius 1 is 0.417 bits per heavy atom. The number of hydrogen-bond donors (Lipinski definition) is 0. The van der Waals surface area contributed by atoms with Crippen molar-refractivity contribution in [2.24, 2.45) is 10.2 Å². The van der Waals surface area contributed by atoms with Crippen LogP contribution in [0.15, 0.2) is 107 Å². The van der Waals surface area contributed by atoms with Crippen molar-refractivity contribution in [2.45, 2.75) is 90.9 Å². The number of rotatable bonds is 22. The van der Waals surface area contributed by atoms with Crippen LogP contribution in [0.3, 0.4) is 0 Å². The quantitative estimate of drug-likeness (QED) is 0.0483. The topological polar surface area (TPSA) is 77.3 Å². The van der Waals surface area contributed by atoms with Crippen molar-refractivity contribution >= 4 is 22.9 Å². The summed E-state index contributed by atoms with van der Waals surface area (Å²) < 4.78 is 11.7. The van der Waals surface area contributed by atoms with Gasteiger partial charge in [0, 0.05) is 22.3 Å². The highest BCUT2D eigenvalue weighted by atomic mass is 16.5. The summed E-state index contributed by atoms with van der Waals surface area (Å²) >= 11 is 0. The summed E-state index contributed by atoms with van der Waals surface area (Å²) in [4.78, 5) is 26.0. The van der Waals surface area contributed by atoms with Crippen LogP contribution in [-0.4, -0.2) is 24.8 Å². The zero-order chi connectivity index (χ0) is 33.8. The smallest absolute Gasteiger partial charge is 0.193 e. The molecule has 48 heavy (non-hydrogen) atoms. The van der Waals surface area contributed by atoms with Gasteiger partial charge in [0.05, 0.1) is 24.6 Å². The number of carbonyl (C=O) groups is 2. The predicted molar refractivity (Wildman–Crippen MR) is 195 cm³/mol. The molecule has 4 aromatic carbocycles. The van der Waals surface area contributed by atoms with Crippen molar-refractivity contribution in [3.63, 3.8) is 0 Å². The van der Waals surface area contributed by atoms with Crippen molar-refractivity contribution < 1.29 is 19.1 Å². The zero-order valence-electron chi connectivity index (χ0n) is 28.7. The maximum atomic E-state index is 13.0. The van der Waals surface area contributed by atoms with E-state index in [-0.39, 0.29) is 11.6 Å². The Morgan fingerprint density at radius 2 is 0.708 bits per heavy atom. The standard InChI is InChI=1S/C42H50N2O4/c1-3-5-7-9-11-13-31-47-39-27-19-35(20-28-39)41(45)33-15-23-37(24-16-33)43-44-38-25-17-34(18-26-38)42(46)36-21-29-40(30-22-36)48-32-14-12-10-8-6-4-2/h15-30H,3-14,31-32H2,1-2H3. The minimum absolute atomic E-state index is 0.0587. The largest absolute Gasteiger partial charge is 0.494 e. The van der Waals surface area contributed by atoms with Crippen LogP contribution in [0, 0.1) is 0 Å². The molecular weight excluding hydrogens is 596 g/mol. The van der Waals surface area contributed by atoms with E-state index < -0.39 is 0 Å². The number of ketones is 2. The van der Waals surface area contributed by atoms with E-state index in [0.717, 1.165) is 24.3 Å². The molecule has 0 aliphatic heterocycles. The number of ether oxygens (including phenoxy) is 2. The van der Waals surface area contributed by atoms with Gasteiger partial charge in [-0.25, -0.2) is 0 Å². The second-order valence-electron chi connectivity index (χ2n) is 12.2. The molecule has 252 valence electrons. The van der Waals surface area contributed by atoms with Crippen LogP contribution in [-0.2, 0) is 0 Å². The van der Waals surface area contributed by atoms with E-state index in [9.17, 15) is 9.59 Å². The normalized spacial score (nSPS) is 11.1. The summed E-state index contributed by atoms with van der Waals surface area (Å²) in [6, 6.07) is 28.8. The maximum absolute atomic E-state index is 13.0. The molecule has 0 saturated heterocycles. The number of unbranched alkanes of at least 4 members (excludes halogenated alkanes) is 10. The Labute approximate surface area is 286 Å². The van der Waals surface area contributed by atoms with Gasteiger partial charge in [-0.15, -0.1) is 0 Å². The lowest BCUT2D eigenvalue weighted by atomic mass is 10.0. The molecule has 6 nitrogen and oxygen atoms in total. The minimum atomic E-state index is -0.0587. The summed E-state index contributed by atoms with van der Waals surface area (Å²) in [5.74, 6) is 1.45. The van der Waals surface area contributed by atoms with Crippen LogP contribution < -0.4 is 9.47 Å². The highest BCUT2D eigenvalue weighted by molar-refractivity contribution is 6.09. The second kappa shape index (κ2) is 20.6. The SMILES string of the molecule is CCCCCCCCOc1ccc(C(=O)c2ccc(N=Nc3ccc(C(=O)c4ccc(OCCCCCCCC)cc4)cc3)cc2)cc1. The number of benzene rings is 4. The number of azo groups is 1. The molecular formula is C42H50N2O4. The molecule has 0 atom stereocenters. The molecule has 0 aromatic heterocycles. The van der Waals surface area contributed by atoms with Gasteiger partial charge in [0.2, 0.25) is 0 Å². The lowest BCUT2D eigenvalue weighted by molar-refractivity contribution is 0.103. The van der Waals surface area contributed by atoms with Crippen LogP contribution in [0.5, 0.6) is 11.5 Å². The van der Waals surface area contributed by atoms with Crippen molar-refractivity contribution in [1.82, 2.24) is 0 Å². The summed E-state index contributed by atoms with van der Waals surface area (Å²) in [5.41, 5.74) is 3.63. The molecule has 0 saturated carbocycles. The van der Waals surface area contributed by atoms with Gasteiger partial charge in [0.1, 0.15) is 11.5 Å². The molecule has 0 N–H and O–H groups in total. The molecule has 0 heterocycles. The van der Waals surface area contributed by atoms with E-state index in [0.29, 0.717) is 46.8 Å². The highest BCUT2D eigenvalue weighted by Gasteiger charge is 2.11. The van der Waals surface area contributed by atoms with Crippen LogP contribution in [0.1, 0.15) is 123 Å². The van der Waals surface area contributed by atoms with E-state index in [2.05, 4.69) is 24.1 Å². The van der Waals surface area contributed by atoms with Gasteiger partial charge in [-0.2, -0.15) is 10.2 Å². The molecule has 0 spiro atoms. The van der Waals surface area contributed by atoms with E-state index in [1.807, 2.05) is 48.5 Å². The van der Waals surface area contributed by atoms with E-state index in [1.54, 1.807) is 48.5 Å². The third-order valence-corrected chi connectivity index (χ3v) is 8.31. The predicted octanol–water partition coefficient (Wildman–Crippen LogP) is 12.0. The fraction of sp³-hybridized carbons (Fsp3) is 0.381. The Morgan fingerprint density at radius 3 is 1.04 bits per heavy atom. The van der Waals surface area contributed by atoms with Crippen LogP contribution in [0.2, 0.25) is 0 Å². The molecule has 0 fully saturated rings. The van der Waals surface area contributed by atoms with Gasteiger partial charge in [0.25, 0.3) is 0 Å². The zero-order valence-corrected chi connectivity index (χ0v) is 28.7. The summed E-state index contributed by atoms with van der Waals surface area (Å²) in [7, 11) is 0. The molecule has 4 rings (SSSR count). The van der Waals surface area contributed by atoms with Crippen molar-refractivity contribution in [1.29, 1.82) is 0 Å². The first-order chi connectivity index (χ1) is 23.6. The lowest BCUT2D eigenvalue weighted by Gasteiger charge is -2.07. The monoisotopic (exact) mass is 646 g/mol. The van der Waals surface area contributed by atoms with Crippen molar-refractivity contribution in [2.75, 3.05) is 13.2 Å². The first-order valence-corrected chi connectivity index (χ1v) is 17.7. The molecule has 0 aliphatic rings. The number of hydrogen-bond acceptors (Lipinski definition) is 6. The minimum Gasteiger partial charge on any atom is -0.494 e. The van der Waals surface area contributed by atoms with E-state index in [4.69, 9.17) is 9.47 Å². The molecule has 0 aliphatic carbocycles. The van der Waals surface area contributed by atoms with Gasteiger partial charge < -0.3 is 9.47 Å². The number of nitrogens with zero attached hydrogens (tertiary/aromatic N) is 2. The Balaban J connectivity index is 1.21. The summed E-state index contributed by atoms with van der Waals surface area (Å²) in [6.07, 6.45) is 14.7. The number of carbonyl (C=O) groups excluding carboxylic acids is 2. The molecule has 0 unspecified atom stereocenters. The second-order valence-corrected chi connectivity index (χ2v) is 12.2. The first kappa shape index (κ1) is 36.3. The summed E-state index contributed by atoms with van der Waals surface area (Å²) in [6.45, 7) is 5.84. The highest BCUT2D eigenvalue weighted by Crippen LogP contribution is 2.23. The third kappa shape index (κ3) is 12.2. The van der Waals surface area contributed by atoms with E-state index in [1.165, 1.54) is 64.2 Å². The fourth-order valence-corrected chi connectivity index (χ4v) is 5.36. The Kier molecular flexibility index (Phi) is 15.6. The third-order valence-electron chi connectivity index (χ3n) is 8.31. The van der Waals surface area contributed by atoms with Crippen LogP contribution >= 0.6 is 0 Å². The van der Waals surface area contributed by atoms with Crippen molar-refractivity contribution in [3.8, 4) is 11.5 Å². The summed E-state index contributed by atoms with van der Waals surface area (Å²) in [5, 5.41) is 8.61.